The molecule has 1 fully saturated rings. The highest BCUT2D eigenvalue weighted by Crippen LogP contribution is 2.22. The van der Waals surface area contributed by atoms with Gasteiger partial charge in [0.25, 0.3) is 11.5 Å². The van der Waals surface area contributed by atoms with Crippen molar-refractivity contribution in [3.8, 4) is 0 Å². The molecule has 0 atom stereocenters. The van der Waals surface area contributed by atoms with E-state index in [9.17, 15) is 18.0 Å². The molecular formula is C19H17ClN4O4S. The second kappa shape index (κ2) is 7.58. The van der Waals surface area contributed by atoms with E-state index < -0.39 is 10.0 Å². The molecule has 0 radical (unpaired) electrons. The number of rotatable bonds is 3. The van der Waals surface area contributed by atoms with Crippen molar-refractivity contribution in [2.75, 3.05) is 26.2 Å². The molecule has 1 aliphatic rings. The molecule has 150 valence electrons. The summed E-state index contributed by atoms with van der Waals surface area (Å²) in [6.45, 7) is 0.741. The number of amides is 1. The number of aromatic nitrogens is 2. The SMILES string of the molecule is O=C(c1n[nH]c(=O)c2ccccc12)N1CCN(S(=O)(=O)c2cccc(Cl)c2)CC1. The van der Waals surface area contributed by atoms with Crippen molar-refractivity contribution >= 4 is 38.3 Å². The molecule has 2 heterocycles. The Morgan fingerprint density at radius 3 is 2.38 bits per heavy atom. The Morgan fingerprint density at radius 1 is 1.00 bits per heavy atom. The number of aromatic amines is 1. The van der Waals surface area contributed by atoms with Gasteiger partial charge in [-0.1, -0.05) is 35.9 Å². The van der Waals surface area contributed by atoms with Crippen LogP contribution in [-0.2, 0) is 10.0 Å². The van der Waals surface area contributed by atoms with Gasteiger partial charge in [0, 0.05) is 36.6 Å². The second-order valence-corrected chi connectivity index (χ2v) is 8.97. The Bertz CT molecular complexity index is 1250. The van der Waals surface area contributed by atoms with E-state index in [4.69, 9.17) is 11.6 Å². The summed E-state index contributed by atoms with van der Waals surface area (Å²) in [5.41, 5.74) is -0.221. The molecule has 29 heavy (non-hydrogen) atoms. The number of sulfonamides is 1. The van der Waals surface area contributed by atoms with Gasteiger partial charge in [-0.3, -0.25) is 9.59 Å². The van der Waals surface area contributed by atoms with Crippen LogP contribution in [0, 0.1) is 0 Å². The third kappa shape index (κ3) is 3.64. The summed E-state index contributed by atoms with van der Waals surface area (Å²) in [6, 6.07) is 12.8. The van der Waals surface area contributed by atoms with Crippen molar-refractivity contribution in [3.63, 3.8) is 0 Å². The van der Waals surface area contributed by atoms with Crippen LogP contribution in [0.4, 0.5) is 0 Å². The molecule has 3 aromatic rings. The minimum absolute atomic E-state index is 0.123. The zero-order chi connectivity index (χ0) is 20.6. The summed E-state index contributed by atoms with van der Waals surface area (Å²) in [4.78, 5) is 26.5. The monoisotopic (exact) mass is 432 g/mol. The topological polar surface area (TPSA) is 103 Å². The zero-order valence-electron chi connectivity index (χ0n) is 15.2. The van der Waals surface area contributed by atoms with E-state index in [-0.39, 0.29) is 48.2 Å². The van der Waals surface area contributed by atoms with Gasteiger partial charge in [0.2, 0.25) is 10.0 Å². The summed E-state index contributed by atoms with van der Waals surface area (Å²) in [5.74, 6) is -0.350. The van der Waals surface area contributed by atoms with Gasteiger partial charge in [0.15, 0.2) is 5.69 Å². The Labute approximate surface area is 171 Å². The average molecular weight is 433 g/mol. The highest BCUT2D eigenvalue weighted by molar-refractivity contribution is 7.89. The van der Waals surface area contributed by atoms with Gasteiger partial charge in [0.05, 0.1) is 10.3 Å². The number of nitrogens with zero attached hydrogens (tertiary/aromatic N) is 3. The van der Waals surface area contributed by atoms with Gasteiger partial charge < -0.3 is 4.90 Å². The molecule has 0 bridgehead atoms. The van der Waals surface area contributed by atoms with Crippen LogP contribution < -0.4 is 5.56 Å². The van der Waals surface area contributed by atoms with Crippen molar-refractivity contribution in [1.82, 2.24) is 19.4 Å². The predicted octanol–water partition coefficient (Wildman–Crippen LogP) is 1.72. The van der Waals surface area contributed by atoms with E-state index in [1.165, 1.54) is 21.3 Å². The summed E-state index contributed by atoms with van der Waals surface area (Å²) in [7, 11) is -3.69. The maximum absolute atomic E-state index is 13.0. The van der Waals surface area contributed by atoms with Crippen LogP contribution in [0.5, 0.6) is 0 Å². The molecule has 4 rings (SSSR count). The zero-order valence-corrected chi connectivity index (χ0v) is 16.8. The van der Waals surface area contributed by atoms with Gasteiger partial charge in [-0.05, 0) is 24.3 Å². The van der Waals surface area contributed by atoms with Crippen LogP contribution in [0.15, 0.2) is 58.2 Å². The van der Waals surface area contributed by atoms with Crippen LogP contribution in [0.3, 0.4) is 0 Å². The minimum atomic E-state index is -3.69. The quantitative estimate of drug-likeness (QED) is 0.678. The molecule has 2 aromatic carbocycles. The van der Waals surface area contributed by atoms with Crippen LogP contribution in [0.25, 0.3) is 10.8 Å². The lowest BCUT2D eigenvalue weighted by molar-refractivity contribution is 0.0693. The first kappa shape index (κ1) is 19.6. The molecule has 0 unspecified atom stereocenters. The molecule has 0 saturated carbocycles. The summed E-state index contributed by atoms with van der Waals surface area (Å²) in [6.07, 6.45) is 0. The number of H-pyrrole nitrogens is 1. The van der Waals surface area contributed by atoms with Crippen molar-refractivity contribution in [2.45, 2.75) is 4.90 Å². The number of carbonyl (C=O) groups excluding carboxylic acids is 1. The number of halogens is 1. The number of nitrogens with one attached hydrogen (secondary N) is 1. The average Bonchev–Trinajstić information content (AvgIpc) is 2.74. The predicted molar refractivity (Wildman–Crippen MR) is 108 cm³/mol. The minimum Gasteiger partial charge on any atom is -0.335 e. The molecule has 1 aliphatic heterocycles. The Morgan fingerprint density at radius 2 is 1.69 bits per heavy atom. The fourth-order valence-corrected chi connectivity index (χ4v) is 5.06. The molecule has 0 spiro atoms. The van der Waals surface area contributed by atoms with E-state index in [2.05, 4.69) is 10.2 Å². The Balaban J connectivity index is 1.54. The third-order valence-corrected chi connectivity index (χ3v) is 6.99. The van der Waals surface area contributed by atoms with Crippen molar-refractivity contribution in [1.29, 1.82) is 0 Å². The van der Waals surface area contributed by atoms with E-state index in [1.807, 2.05) is 0 Å². The summed E-state index contributed by atoms with van der Waals surface area (Å²) < 4.78 is 27.0. The van der Waals surface area contributed by atoms with E-state index in [1.54, 1.807) is 36.4 Å². The molecule has 0 aliphatic carbocycles. The highest BCUT2D eigenvalue weighted by Gasteiger charge is 2.31. The first-order valence-electron chi connectivity index (χ1n) is 8.90. The van der Waals surface area contributed by atoms with E-state index in [0.717, 1.165) is 0 Å². The van der Waals surface area contributed by atoms with Gasteiger partial charge >= 0.3 is 0 Å². The number of hydrogen-bond acceptors (Lipinski definition) is 5. The third-order valence-electron chi connectivity index (χ3n) is 4.86. The normalized spacial score (nSPS) is 15.6. The molecule has 1 amide bonds. The number of benzene rings is 2. The highest BCUT2D eigenvalue weighted by atomic mass is 35.5. The fraction of sp³-hybridized carbons (Fsp3) is 0.211. The van der Waals surface area contributed by atoms with Crippen molar-refractivity contribution in [2.24, 2.45) is 0 Å². The van der Waals surface area contributed by atoms with Gasteiger partial charge in [0.1, 0.15) is 0 Å². The number of carbonyl (C=O) groups is 1. The lowest BCUT2D eigenvalue weighted by atomic mass is 10.1. The molecule has 1 aromatic heterocycles. The molecule has 1 N–H and O–H groups in total. The number of piperazine rings is 1. The lowest BCUT2D eigenvalue weighted by Gasteiger charge is -2.33. The van der Waals surface area contributed by atoms with Gasteiger partial charge in [-0.25, -0.2) is 13.5 Å². The maximum atomic E-state index is 13.0. The first-order valence-corrected chi connectivity index (χ1v) is 10.7. The van der Waals surface area contributed by atoms with E-state index in [0.29, 0.717) is 15.8 Å². The van der Waals surface area contributed by atoms with Crippen LogP contribution in [0.2, 0.25) is 5.02 Å². The number of hydrogen-bond donors (Lipinski definition) is 1. The van der Waals surface area contributed by atoms with Crippen molar-refractivity contribution in [3.05, 3.63) is 69.6 Å². The Hall–Kier alpha value is -2.75. The second-order valence-electron chi connectivity index (χ2n) is 6.60. The lowest BCUT2D eigenvalue weighted by Crippen LogP contribution is -2.50. The molecule has 10 heteroatoms. The Kier molecular flexibility index (Phi) is 5.12. The smallest absolute Gasteiger partial charge is 0.275 e. The van der Waals surface area contributed by atoms with Crippen LogP contribution in [0.1, 0.15) is 10.5 Å². The fourth-order valence-electron chi connectivity index (χ4n) is 3.34. The van der Waals surface area contributed by atoms with Gasteiger partial charge in [-0.15, -0.1) is 0 Å². The first-order chi connectivity index (χ1) is 13.9. The van der Waals surface area contributed by atoms with E-state index >= 15 is 0 Å². The van der Waals surface area contributed by atoms with Crippen molar-refractivity contribution < 1.29 is 13.2 Å². The standard InChI is InChI=1S/C19H17ClN4O4S/c20-13-4-3-5-14(12-13)29(27,28)24-10-8-23(9-11-24)19(26)17-15-6-1-2-7-16(15)18(25)22-21-17/h1-7,12H,8-11H2,(H,22,25). The molecule has 8 nitrogen and oxygen atoms in total. The van der Waals surface area contributed by atoms with Crippen LogP contribution >= 0.6 is 11.6 Å². The summed E-state index contributed by atoms with van der Waals surface area (Å²) in [5, 5.41) is 7.48. The largest absolute Gasteiger partial charge is 0.335 e. The number of fused-ring (bicyclic) bond motifs is 1. The molecular weight excluding hydrogens is 416 g/mol. The summed E-state index contributed by atoms with van der Waals surface area (Å²) >= 11 is 5.91. The van der Waals surface area contributed by atoms with Crippen LogP contribution in [-0.4, -0.2) is 59.9 Å². The van der Waals surface area contributed by atoms with Gasteiger partial charge in [-0.2, -0.15) is 9.40 Å². The molecule has 1 saturated heterocycles. The maximum Gasteiger partial charge on any atom is 0.275 e.